The molecular weight excluding hydrogens is 240 g/mol. The number of hydrogen-bond donors (Lipinski definition) is 0. The Hall–Kier alpha value is -0.153. The van der Waals surface area contributed by atoms with E-state index in [1.165, 1.54) is 51.4 Å². The first-order chi connectivity index (χ1) is 8.83. The average Bonchev–Trinajstić information content (AvgIpc) is 2.39. The van der Waals surface area contributed by atoms with E-state index < -0.39 is 9.52 Å². The molecule has 0 radical (unpaired) electrons. The van der Waals surface area contributed by atoms with Crippen LogP contribution in [-0.4, -0.2) is 27.3 Å². The van der Waals surface area contributed by atoms with E-state index >= 15 is 0 Å². The van der Waals surface area contributed by atoms with Crippen LogP contribution >= 0.6 is 0 Å². The minimum atomic E-state index is -0.619. The maximum Gasteiger partial charge on any atom is 0.134 e. The normalized spacial score (nSPS) is 20.6. The molecule has 0 aromatic carbocycles. The Morgan fingerprint density at radius 3 is 2.50 bits per heavy atom. The van der Waals surface area contributed by atoms with Gasteiger partial charge in [0.1, 0.15) is 14.9 Å². The summed E-state index contributed by atoms with van der Waals surface area (Å²) in [7, 11) is -0.619. The van der Waals surface area contributed by atoms with Crippen LogP contribution in [0.25, 0.3) is 0 Å². The molecule has 0 N–H and O–H groups in total. The molecule has 2 nitrogen and oxygen atoms in total. The number of rotatable bonds is 10. The van der Waals surface area contributed by atoms with Gasteiger partial charge in [-0.1, -0.05) is 45.4 Å². The van der Waals surface area contributed by atoms with Crippen LogP contribution in [0.1, 0.15) is 77.6 Å². The van der Waals surface area contributed by atoms with Gasteiger partial charge in [-0.2, -0.15) is 0 Å². The van der Waals surface area contributed by atoms with E-state index in [0.29, 0.717) is 11.1 Å². The molecule has 1 saturated heterocycles. The molecule has 0 bridgehead atoms. The third kappa shape index (κ3) is 8.04. The lowest BCUT2D eigenvalue weighted by Gasteiger charge is -2.21. The van der Waals surface area contributed by atoms with E-state index in [0.717, 1.165) is 25.9 Å². The largest absolute Gasteiger partial charge is 0.382 e. The molecule has 0 aliphatic carbocycles. The Bertz CT molecular complexity index is 213. The highest BCUT2D eigenvalue weighted by Crippen LogP contribution is 2.13. The number of ether oxygens (including phenoxy) is 1. The van der Waals surface area contributed by atoms with Gasteiger partial charge >= 0.3 is 0 Å². The second kappa shape index (κ2) is 10.7. The summed E-state index contributed by atoms with van der Waals surface area (Å²) in [5.41, 5.74) is 0.371. The van der Waals surface area contributed by atoms with Crippen LogP contribution in [-0.2, 0) is 9.53 Å². The van der Waals surface area contributed by atoms with Crippen LogP contribution in [0.4, 0.5) is 0 Å². The maximum absolute atomic E-state index is 11.8. The monoisotopic (exact) mass is 270 g/mol. The zero-order chi connectivity index (χ0) is 13.1. The van der Waals surface area contributed by atoms with Crippen LogP contribution in [0.5, 0.6) is 0 Å². The Balaban J connectivity index is 1.90. The molecule has 3 heteroatoms. The number of hydrogen-bond acceptors (Lipinski definition) is 2. The average molecular weight is 270 g/mol. The first kappa shape index (κ1) is 15.9. The van der Waals surface area contributed by atoms with Crippen LogP contribution in [0.15, 0.2) is 0 Å². The van der Waals surface area contributed by atoms with E-state index in [1.54, 1.807) is 0 Å². The van der Waals surface area contributed by atoms with Crippen LogP contribution in [0, 0.1) is 0 Å². The van der Waals surface area contributed by atoms with Gasteiger partial charge in [-0.15, -0.1) is 0 Å². The van der Waals surface area contributed by atoms with Crippen LogP contribution in [0.3, 0.4) is 0 Å². The Morgan fingerprint density at radius 1 is 1.11 bits per heavy atom. The minimum Gasteiger partial charge on any atom is -0.382 e. The number of carbonyl (C=O) groups excluding carboxylic acids is 1. The Labute approximate surface area is 115 Å². The molecule has 0 spiro atoms. The van der Waals surface area contributed by atoms with E-state index in [4.69, 9.17) is 4.74 Å². The molecular formula is C15H30O2Si. The van der Waals surface area contributed by atoms with E-state index in [2.05, 4.69) is 6.92 Å². The standard InChI is InChI=1S/C15H30O2Si/c1-2-3-4-5-6-7-8-11-14(16)18-15-12-9-10-13-17-15/h15H,2-13,18H2,1H3. The summed E-state index contributed by atoms with van der Waals surface area (Å²) in [6.07, 6.45) is 13.5. The van der Waals surface area contributed by atoms with Gasteiger partial charge in [-0.25, -0.2) is 0 Å². The lowest BCUT2D eigenvalue weighted by atomic mass is 10.1. The van der Waals surface area contributed by atoms with Crippen molar-refractivity contribution in [1.29, 1.82) is 0 Å². The van der Waals surface area contributed by atoms with Gasteiger partial charge in [0.05, 0.1) is 5.73 Å². The fourth-order valence-electron chi connectivity index (χ4n) is 2.60. The van der Waals surface area contributed by atoms with Gasteiger partial charge in [0.15, 0.2) is 0 Å². The fraction of sp³-hybridized carbons (Fsp3) is 0.933. The summed E-state index contributed by atoms with van der Waals surface area (Å²) in [4.78, 5) is 11.8. The zero-order valence-corrected chi connectivity index (χ0v) is 13.5. The van der Waals surface area contributed by atoms with Gasteiger partial charge in [0, 0.05) is 13.0 Å². The molecule has 0 aromatic heterocycles. The summed E-state index contributed by atoms with van der Waals surface area (Å²) < 4.78 is 5.66. The molecule has 1 aliphatic heterocycles. The molecule has 1 aliphatic rings. The minimum absolute atomic E-state index is 0.371. The number of unbranched alkanes of at least 4 members (excludes halogenated alkanes) is 6. The number of carbonyl (C=O) groups is 1. The van der Waals surface area contributed by atoms with Crippen molar-refractivity contribution in [3.05, 3.63) is 0 Å². The lowest BCUT2D eigenvalue weighted by molar-refractivity contribution is -0.112. The smallest absolute Gasteiger partial charge is 0.134 e. The summed E-state index contributed by atoms with van der Waals surface area (Å²) in [5, 5.41) is 0.551. The fourth-order valence-corrected chi connectivity index (χ4v) is 4.34. The van der Waals surface area contributed by atoms with Crippen molar-refractivity contribution >= 4 is 14.9 Å². The molecule has 1 unspecified atom stereocenters. The van der Waals surface area contributed by atoms with Crippen molar-refractivity contribution in [2.24, 2.45) is 0 Å². The molecule has 1 atom stereocenters. The van der Waals surface area contributed by atoms with Crippen LogP contribution in [0.2, 0.25) is 0 Å². The summed E-state index contributed by atoms with van der Waals surface area (Å²) in [5.74, 6) is 0. The van der Waals surface area contributed by atoms with Gasteiger partial charge in [0.2, 0.25) is 0 Å². The highest BCUT2D eigenvalue weighted by molar-refractivity contribution is 6.74. The van der Waals surface area contributed by atoms with Crippen molar-refractivity contribution < 1.29 is 9.53 Å². The molecule has 0 aromatic rings. The zero-order valence-electron chi connectivity index (χ0n) is 12.1. The van der Waals surface area contributed by atoms with Crippen LogP contribution < -0.4 is 0 Å². The molecule has 0 saturated carbocycles. The van der Waals surface area contributed by atoms with Crippen molar-refractivity contribution in [1.82, 2.24) is 0 Å². The predicted molar refractivity (Wildman–Crippen MR) is 79.8 cm³/mol. The highest BCUT2D eigenvalue weighted by Gasteiger charge is 2.17. The molecule has 18 heavy (non-hydrogen) atoms. The summed E-state index contributed by atoms with van der Waals surface area (Å²) in [6.45, 7) is 3.14. The quantitative estimate of drug-likeness (QED) is 0.449. The summed E-state index contributed by atoms with van der Waals surface area (Å²) >= 11 is 0. The van der Waals surface area contributed by atoms with Gasteiger partial charge in [-0.05, 0) is 25.7 Å². The van der Waals surface area contributed by atoms with Crippen molar-refractivity contribution in [3.63, 3.8) is 0 Å². The van der Waals surface area contributed by atoms with Crippen molar-refractivity contribution in [3.8, 4) is 0 Å². The van der Waals surface area contributed by atoms with Crippen molar-refractivity contribution in [2.45, 2.75) is 83.3 Å². The molecule has 106 valence electrons. The SMILES string of the molecule is CCCCCCCCCC(=O)[SiH2]C1CCCCO1. The van der Waals surface area contributed by atoms with E-state index in [1.807, 2.05) is 0 Å². The van der Waals surface area contributed by atoms with Gasteiger partial charge < -0.3 is 9.53 Å². The first-order valence-electron chi connectivity index (χ1n) is 7.96. The summed E-state index contributed by atoms with van der Waals surface area (Å²) in [6, 6.07) is 0. The van der Waals surface area contributed by atoms with E-state index in [-0.39, 0.29) is 0 Å². The third-order valence-electron chi connectivity index (χ3n) is 3.79. The molecule has 1 fully saturated rings. The molecule has 1 heterocycles. The van der Waals surface area contributed by atoms with Gasteiger partial charge in [-0.3, -0.25) is 0 Å². The Morgan fingerprint density at radius 2 is 1.83 bits per heavy atom. The van der Waals surface area contributed by atoms with Gasteiger partial charge in [0.25, 0.3) is 0 Å². The Kier molecular flexibility index (Phi) is 9.49. The molecule has 0 amide bonds. The second-order valence-corrected chi connectivity index (χ2v) is 7.71. The predicted octanol–water partition coefficient (Wildman–Crippen LogP) is 3.35. The third-order valence-corrected chi connectivity index (χ3v) is 5.70. The topological polar surface area (TPSA) is 26.3 Å². The van der Waals surface area contributed by atoms with E-state index in [9.17, 15) is 4.79 Å². The lowest BCUT2D eigenvalue weighted by Crippen LogP contribution is -2.30. The van der Waals surface area contributed by atoms with Crippen molar-refractivity contribution in [2.75, 3.05) is 6.61 Å². The molecule has 1 rings (SSSR count). The second-order valence-electron chi connectivity index (χ2n) is 5.60. The maximum atomic E-state index is 11.8. The highest BCUT2D eigenvalue weighted by atomic mass is 28.2. The first-order valence-corrected chi connectivity index (χ1v) is 9.48.